The predicted molar refractivity (Wildman–Crippen MR) is 79.8 cm³/mol. The summed E-state index contributed by atoms with van der Waals surface area (Å²) in [5.74, 6) is 0.711. The molecule has 0 saturated carbocycles. The molecule has 5 heteroatoms. The fourth-order valence-electron chi connectivity index (χ4n) is 1.98. The fraction of sp³-hybridized carbons (Fsp3) is 0.308. The molecule has 3 nitrogen and oxygen atoms in total. The van der Waals surface area contributed by atoms with Crippen LogP contribution in [-0.2, 0) is 13.5 Å². The highest BCUT2D eigenvalue weighted by atomic mass is 79.9. The lowest BCUT2D eigenvalue weighted by Crippen LogP contribution is -1.99. The number of nitrogens with zero attached hydrogens (tertiary/aromatic N) is 2. The number of nitrogens with two attached hydrogens (primary N) is 1. The van der Waals surface area contributed by atoms with E-state index in [0.29, 0.717) is 10.8 Å². The summed E-state index contributed by atoms with van der Waals surface area (Å²) in [7, 11) is 1.85. The molecule has 2 aromatic rings. The number of anilines is 1. The lowest BCUT2D eigenvalue weighted by Gasteiger charge is -2.05. The van der Waals surface area contributed by atoms with E-state index in [0.717, 1.165) is 34.1 Å². The van der Waals surface area contributed by atoms with Crippen molar-refractivity contribution in [3.8, 4) is 11.3 Å². The second-order valence-corrected chi connectivity index (χ2v) is 5.42. The number of hydrogen-bond acceptors (Lipinski definition) is 2. The van der Waals surface area contributed by atoms with E-state index in [1.807, 2.05) is 25.2 Å². The highest BCUT2D eigenvalue weighted by Gasteiger charge is 2.17. The van der Waals surface area contributed by atoms with Crippen molar-refractivity contribution in [2.24, 2.45) is 7.05 Å². The minimum Gasteiger partial charge on any atom is -0.384 e. The highest BCUT2D eigenvalue weighted by Crippen LogP contribution is 2.36. The van der Waals surface area contributed by atoms with Gasteiger partial charge in [0.25, 0.3) is 0 Å². The molecule has 18 heavy (non-hydrogen) atoms. The van der Waals surface area contributed by atoms with Crippen molar-refractivity contribution >= 4 is 33.3 Å². The van der Waals surface area contributed by atoms with E-state index in [9.17, 15) is 0 Å². The first-order valence-corrected chi connectivity index (χ1v) is 6.99. The van der Waals surface area contributed by atoms with Crippen LogP contribution in [0.15, 0.2) is 22.7 Å². The van der Waals surface area contributed by atoms with Gasteiger partial charge in [-0.2, -0.15) is 5.10 Å². The van der Waals surface area contributed by atoms with Crippen LogP contribution in [0.1, 0.15) is 18.9 Å². The fourth-order valence-corrected chi connectivity index (χ4v) is 2.56. The lowest BCUT2D eigenvalue weighted by molar-refractivity contribution is 0.781. The van der Waals surface area contributed by atoms with Crippen LogP contribution >= 0.6 is 27.5 Å². The zero-order valence-electron chi connectivity index (χ0n) is 10.4. The van der Waals surface area contributed by atoms with Gasteiger partial charge in [0.2, 0.25) is 0 Å². The first kappa shape index (κ1) is 13.4. The van der Waals surface area contributed by atoms with E-state index < -0.39 is 0 Å². The van der Waals surface area contributed by atoms with E-state index in [4.69, 9.17) is 17.3 Å². The van der Waals surface area contributed by atoms with Crippen molar-refractivity contribution in [2.45, 2.75) is 19.8 Å². The molecule has 2 N–H and O–H groups in total. The van der Waals surface area contributed by atoms with Gasteiger partial charge in [0.05, 0.1) is 10.7 Å². The molecule has 1 heterocycles. The molecule has 0 aliphatic rings. The van der Waals surface area contributed by atoms with Crippen LogP contribution < -0.4 is 5.73 Å². The Hall–Kier alpha value is -1.00. The third-order valence-electron chi connectivity index (χ3n) is 2.90. The van der Waals surface area contributed by atoms with E-state index in [1.54, 1.807) is 4.68 Å². The Kier molecular flexibility index (Phi) is 3.97. The molecule has 0 amide bonds. The smallest absolute Gasteiger partial charge is 0.125 e. The highest BCUT2D eigenvalue weighted by molar-refractivity contribution is 9.10. The van der Waals surface area contributed by atoms with E-state index in [2.05, 4.69) is 28.0 Å². The maximum atomic E-state index is 6.32. The predicted octanol–water partition coefficient (Wildman–Crippen LogP) is 4.04. The summed E-state index contributed by atoms with van der Waals surface area (Å²) in [6, 6.07) is 5.83. The van der Waals surface area contributed by atoms with Crippen molar-refractivity contribution in [3.63, 3.8) is 0 Å². The number of aromatic nitrogens is 2. The maximum Gasteiger partial charge on any atom is 0.125 e. The minimum absolute atomic E-state index is 0.674. The number of hydrogen-bond donors (Lipinski definition) is 1. The van der Waals surface area contributed by atoms with Gasteiger partial charge in [0.1, 0.15) is 5.82 Å². The average Bonchev–Trinajstić information content (AvgIpc) is 2.61. The van der Waals surface area contributed by atoms with Crippen LogP contribution in [0.3, 0.4) is 0 Å². The second kappa shape index (κ2) is 5.33. The Bertz CT molecular complexity index is 578. The van der Waals surface area contributed by atoms with Crippen LogP contribution in [0.4, 0.5) is 5.82 Å². The van der Waals surface area contributed by atoms with Gasteiger partial charge < -0.3 is 5.73 Å². The van der Waals surface area contributed by atoms with Crippen LogP contribution in [0.25, 0.3) is 11.3 Å². The molecule has 0 aliphatic carbocycles. The SMILES string of the molecule is CCCc1c(-c2cccc(Br)c2Cl)nn(C)c1N. The zero-order valence-corrected chi connectivity index (χ0v) is 12.7. The molecule has 0 saturated heterocycles. The van der Waals surface area contributed by atoms with Gasteiger partial charge in [0, 0.05) is 22.6 Å². The molecule has 1 aromatic heterocycles. The Morgan fingerprint density at radius 3 is 2.83 bits per heavy atom. The van der Waals surface area contributed by atoms with Crippen LogP contribution in [-0.4, -0.2) is 9.78 Å². The molecule has 0 aliphatic heterocycles. The van der Waals surface area contributed by atoms with Gasteiger partial charge in [-0.05, 0) is 28.4 Å². The van der Waals surface area contributed by atoms with Crippen LogP contribution in [0.2, 0.25) is 5.02 Å². The Morgan fingerprint density at radius 1 is 1.44 bits per heavy atom. The molecule has 0 spiro atoms. The average molecular weight is 329 g/mol. The largest absolute Gasteiger partial charge is 0.384 e. The van der Waals surface area contributed by atoms with Crippen molar-refractivity contribution < 1.29 is 0 Å². The molecule has 0 radical (unpaired) electrons. The monoisotopic (exact) mass is 327 g/mol. The summed E-state index contributed by atoms with van der Waals surface area (Å²) in [5.41, 5.74) is 8.93. The molecule has 0 bridgehead atoms. The van der Waals surface area contributed by atoms with Gasteiger partial charge in [-0.1, -0.05) is 37.1 Å². The Balaban J connectivity index is 2.63. The molecule has 1 aromatic carbocycles. The standard InChI is InChI=1S/C13H15BrClN3/c1-3-5-9-12(17-18(2)13(9)16)8-6-4-7-10(14)11(8)15/h4,6-7H,3,5,16H2,1-2H3. The summed E-state index contributed by atoms with van der Waals surface area (Å²) in [4.78, 5) is 0. The Morgan fingerprint density at radius 2 is 2.17 bits per heavy atom. The summed E-state index contributed by atoms with van der Waals surface area (Å²) in [6.45, 7) is 2.12. The maximum absolute atomic E-state index is 6.32. The quantitative estimate of drug-likeness (QED) is 0.924. The number of nitrogen functional groups attached to an aromatic ring is 1. The van der Waals surface area contributed by atoms with Crippen molar-refractivity contribution in [1.29, 1.82) is 0 Å². The minimum atomic E-state index is 0.674. The lowest BCUT2D eigenvalue weighted by atomic mass is 10.0. The molecule has 0 fully saturated rings. The van der Waals surface area contributed by atoms with E-state index in [-0.39, 0.29) is 0 Å². The summed E-state index contributed by atoms with van der Waals surface area (Å²) >= 11 is 9.76. The normalized spacial score (nSPS) is 10.9. The summed E-state index contributed by atoms with van der Waals surface area (Å²) in [5, 5.41) is 5.16. The van der Waals surface area contributed by atoms with Gasteiger partial charge in [-0.25, -0.2) is 0 Å². The number of aryl methyl sites for hydroxylation is 1. The van der Waals surface area contributed by atoms with Crippen molar-refractivity contribution in [3.05, 3.63) is 33.3 Å². The number of rotatable bonds is 3. The van der Waals surface area contributed by atoms with E-state index >= 15 is 0 Å². The van der Waals surface area contributed by atoms with Gasteiger partial charge in [-0.15, -0.1) is 0 Å². The first-order chi connectivity index (χ1) is 8.56. The van der Waals surface area contributed by atoms with Crippen molar-refractivity contribution in [1.82, 2.24) is 9.78 Å². The van der Waals surface area contributed by atoms with E-state index in [1.165, 1.54) is 0 Å². The second-order valence-electron chi connectivity index (χ2n) is 4.19. The Labute approximate surface area is 120 Å². The van der Waals surface area contributed by atoms with Gasteiger partial charge in [0.15, 0.2) is 0 Å². The molecule has 2 rings (SSSR count). The topological polar surface area (TPSA) is 43.8 Å². The number of halogens is 2. The molecule has 0 unspecified atom stereocenters. The third-order valence-corrected chi connectivity index (χ3v) is 4.20. The third kappa shape index (κ3) is 2.27. The molecular formula is C13H15BrClN3. The zero-order chi connectivity index (χ0) is 13.3. The summed E-state index contributed by atoms with van der Waals surface area (Å²) < 4.78 is 2.57. The molecule has 96 valence electrons. The van der Waals surface area contributed by atoms with Crippen LogP contribution in [0.5, 0.6) is 0 Å². The van der Waals surface area contributed by atoms with Gasteiger partial charge >= 0.3 is 0 Å². The number of benzene rings is 1. The first-order valence-electron chi connectivity index (χ1n) is 5.82. The van der Waals surface area contributed by atoms with Gasteiger partial charge in [-0.3, -0.25) is 4.68 Å². The van der Waals surface area contributed by atoms with Crippen LogP contribution in [0, 0.1) is 0 Å². The van der Waals surface area contributed by atoms with Crippen molar-refractivity contribution in [2.75, 3.05) is 5.73 Å². The molecular weight excluding hydrogens is 314 g/mol. The summed E-state index contributed by atoms with van der Waals surface area (Å²) in [6.07, 6.45) is 1.92. The molecule has 0 atom stereocenters.